The molecule has 0 aliphatic carbocycles. The summed E-state index contributed by atoms with van der Waals surface area (Å²) in [5, 5.41) is 10.4. The molecule has 0 aliphatic heterocycles. The molecule has 0 unspecified atom stereocenters. The third-order valence-electron chi connectivity index (χ3n) is 3.87. The van der Waals surface area contributed by atoms with Crippen LogP contribution in [0.1, 0.15) is 10.5 Å². The van der Waals surface area contributed by atoms with Gasteiger partial charge in [-0.25, -0.2) is 14.6 Å². The number of carboxylic acids is 1. The molecule has 4 aromatic rings. The Morgan fingerprint density at radius 2 is 1.67 bits per heavy atom. The van der Waals surface area contributed by atoms with Crippen LogP contribution in [0.2, 0.25) is 0 Å². The van der Waals surface area contributed by atoms with Gasteiger partial charge in [-0.05, 0) is 23.8 Å². The first-order valence-corrected chi connectivity index (χ1v) is 7.30. The molecular weight excluding hydrogens is 306 g/mol. The Kier molecular flexibility index (Phi) is 3.13. The standard InChI is InChI=1S/C19H11NO4/c21-18(22)17-13(11-6-2-1-3-7-11)10-14-16(20-17)12-8-4-5-9-15(12)24-19(14)23/h1-10H,(H,21,22). The van der Waals surface area contributed by atoms with Crippen molar-refractivity contribution in [2.24, 2.45) is 0 Å². The van der Waals surface area contributed by atoms with Crippen molar-refractivity contribution in [2.45, 2.75) is 0 Å². The van der Waals surface area contributed by atoms with Gasteiger partial charge in [-0.2, -0.15) is 0 Å². The summed E-state index contributed by atoms with van der Waals surface area (Å²) in [5.41, 5.74) is 1.15. The zero-order valence-electron chi connectivity index (χ0n) is 12.4. The van der Waals surface area contributed by atoms with Crippen LogP contribution >= 0.6 is 0 Å². The van der Waals surface area contributed by atoms with Gasteiger partial charge in [0.15, 0.2) is 5.69 Å². The lowest BCUT2D eigenvalue weighted by molar-refractivity contribution is 0.0692. The van der Waals surface area contributed by atoms with E-state index in [0.717, 1.165) is 0 Å². The summed E-state index contributed by atoms with van der Waals surface area (Å²) < 4.78 is 5.32. The summed E-state index contributed by atoms with van der Waals surface area (Å²) in [7, 11) is 0. The number of pyridine rings is 1. The number of aromatic nitrogens is 1. The van der Waals surface area contributed by atoms with Crippen molar-refractivity contribution in [3.8, 4) is 11.1 Å². The molecule has 0 radical (unpaired) electrons. The van der Waals surface area contributed by atoms with Gasteiger partial charge < -0.3 is 9.52 Å². The predicted octanol–water partition coefficient (Wildman–Crippen LogP) is 3.71. The zero-order chi connectivity index (χ0) is 16.7. The fourth-order valence-electron chi connectivity index (χ4n) is 2.78. The molecule has 0 aliphatic rings. The highest BCUT2D eigenvalue weighted by molar-refractivity contribution is 6.06. The summed E-state index contributed by atoms with van der Waals surface area (Å²) >= 11 is 0. The van der Waals surface area contributed by atoms with Crippen molar-refractivity contribution in [3.63, 3.8) is 0 Å². The number of fused-ring (bicyclic) bond motifs is 3. The Labute approximate surface area is 135 Å². The predicted molar refractivity (Wildman–Crippen MR) is 90.2 cm³/mol. The number of hydrogen-bond acceptors (Lipinski definition) is 4. The fourth-order valence-corrected chi connectivity index (χ4v) is 2.78. The van der Waals surface area contributed by atoms with Gasteiger partial charge in [0.1, 0.15) is 5.58 Å². The van der Waals surface area contributed by atoms with Crippen LogP contribution in [0.25, 0.3) is 33.0 Å². The van der Waals surface area contributed by atoms with Crippen LogP contribution in [0.4, 0.5) is 0 Å². The van der Waals surface area contributed by atoms with E-state index in [-0.39, 0.29) is 11.1 Å². The molecule has 4 rings (SSSR count). The van der Waals surface area contributed by atoms with Gasteiger partial charge in [0.25, 0.3) is 0 Å². The second kappa shape index (κ2) is 5.31. The van der Waals surface area contributed by atoms with Gasteiger partial charge in [-0.1, -0.05) is 42.5 Å². The van der Waals surface area contributed by atoms with Crippen molar-refractivity contribution in [1.29, 1.82) is 0 Å². The number of rotatable bonds is 2. The third-order valence-corrected chi connectivity index (χ3v) is 3.87. The SMILES string of the molecule is O=C(O)c1nc2c(cc1-c1ccccc1)c(=O)oc1ccccc12. The second-order valence-corrected chi connectivity index (χ2v) is 5.34. The van der Waals surface area contributed by atoms with Gasteiger partial charge in [0, 0.05) is 10.9 Å². The molecule has 0 amide bonds. The second-order valence-electron chi connectivity index (χ2n) is 5.34. The maximum Gasteiger partial charge on any atom is 0.355 e. The fraction of sp³-hybridized carbons (Fsp3) is 0. The number of carbonyl (C=O) groups is 1. The summed E-state index contributed by atoms with van der Waals surface area (Å²) in [4.78, 5) is 28.3. The highest BCUT2D eigenvalue weighted by atomic mass is 16.4. The van der Waals surface area contributed by atoms with Gasteiger partial charge in [0.2, 0.25) is 0 Å². The van der Waals surface area contributed by atoms with E-state index >= 15 is 0 Å². The van der Waals surface area contributed by atoms with Gasteiger partial charge in [-0.3, -0.25) is 0 Å². The van der Waals surface area contributed by atoms with Crippen LogP contribution in [0.15, 0.2) is 69.9 Å². The lowest BCUT2D eigenvalue weighted by Gasteiger charge is -2.09. The average molecular weight is 317 g/mol. The third kappa shape index (κ3) is 2.14. The molecule has 2 aromatic carbocycles. The molecule has 1 N–H and O–H groups in total. The average Bonchev–Trinajstić information content (AvgIpc) is 2.61. The Morgan fingerprint density at radius 1 is 0.958 bits per heavy atom. The Morgan fingerprint density at radius 3 is 2.42 bits per heavy atom. The van der Waals surface area contributed by atoms with E-state index < -0.39 is 11.6 Å². The van der Waals surface area contributed by atoms with Gasteiger partial charge in [0.05, 0.1) is 10.9 Å². The minimum Gasteiger partial charge on any atom is -0.476 e. The molecule has 0 saturated carbocycles. The van der Waals surface area contributed by atoms with Gasteiger partial charge >= 0.3 is 11.6 Å². The Bertz CT molecular complexity index is 1150. The number of aromatic carboxylic acids is 1. The van der Waals surface area contributed by atoms with E-state index in [1.54, 1.807) is 54.6 Å². The Balaban J connectivity index is 2.17. The molecule has 0 fully saturated rings. The topological polar surface area (TPSA) is 80.4 Å². The number of benzene rings is 2. The molecule has 5 nitrogen and oxygen atoms in total. The van der Waals surface area contributed by atoms with Crippen LogP contribution < -0.4 is 5.63 Å². The van der Waals surface area contributed by atoms with Gasteiger partial charge in [-0.15, -0.1) is 0 Å². The number of carboxylic acid groups (broad SMARTS) is 1. The largest absolute Gasteiger partial charge is 0.476 e. The zero-order valence-corrected chi connectivity index (χ0v) is 12.4. The monoisotopic (exact) mass is 317 g/mol. The molecule has 0 atom stereocenters. The van der Waals surface area contributed by atoms with Crippen molar-refractivity contribution in [2.75, 3.05) is 0 Å². The molecule has 2 heterocycles. The smallest absolute Gasteiger partial charge is 0.355 e. The van der Waals surface area contributed by atoms with Crippen molar-refractivity contribution in [1.82, 2.24) is 4.98 Å². The van der Waals surface area contributed by atoms with Crippen LogP contribution in [-0.4, -0.2) is 16.1 Å². The summed E-state index contributed by atoms with van der Waals surface area (Å²) in [6.45, 7) is 0. The van der Waals surface area contributed by atoms with Crippen molar-refractivity contribution >= 4 is 27.8 Å². The first-order chi connectivity index (χ1) is 11.6. The lowest BCUT2D eigenvalue weighted by atomic mass is 10.0. The number of nitrogens with zero attached hydrogens (tertiary/aromatic N) is 1. The summed E-state index contributed by atoms with van der Waals surface area (Å²) in [6.07, 6.45) is 0. The van der Waals surface area contributed by atoms with Crippen LogP contribution in [0, 0.1) is 0 Å². The van der Waals surface area contributed by atoms with E-state index in [9.17, 15) is 14.7 Å². The highest BCUT2D eigenvalue weighted by Gasteiger charge is 2.18. The molecule has 0 saturated heterocycles. The molecule has 0 bridgehead atoms. The Hall–Kier alpha value is -3.47. The molecule has 2 aromatic heterocycles. The molecule has 24 heavy (non-hydrogen) atoms. The number of para-hydroxylation sites is 1. The quantitative estimate of drug-likeness (QED) is 0.450. The van der Waals surface area contributed by atoms with E-state index in [4.69, 9.17) is 4.42 Å². The van der Waals surface area contributed by atoms with Crippen LogP contribution in [-0.2, 0) is 0 Å². The maximum atomic E-state index is 12.3. The minimum atomic E-state index is -1.15. The van der Waals surface area contributed by atoms with Crippen molar-refractivity contribution < 1.29 is 14.3 Å². The molecular formula is C19H11NO4. The lowest BCUT2D eigenvalue weighted by Crippen LogP contribution is -2.08. The number of hydrogen-bond donors (Lipinski definition) is 1. The van der Waals surface area contributed by atoms with Crippen LogP contribution in [0.3, 0.4) is 0 Å². The van der Waals surface area contributed by atoms with E-state index in [2.05, 4.69) is 4.98 Å². The van der Waals surface area contributed by atoms with Crippen molar-refractivity contribution in [3.05, 3.63) is 76.8 Å². The molecule has 116 valence electrons. The molecule has 5 heteroatoms. The first-order valence-electron chi connectivity index (χ1n) is 7.30. The highest BCUT2D eigenvalue weighted by Crippen LogP contribution is 2.28. The summed E-state index contributed by atoms with van der Waals surface area (Å²) in [6, 6.07) is 17.5. The molecule has 0 spiro atoms. The van der Waals surface area contributed by atoms with E-state index in [0.29, 0.717) is 27.6 Å². The summed E-state index contributed by atoms with van der Waals surface area (Å²) in [5.74, 6) is -1.15. The normalized spacial score (nSPS) is 11.0. The van der Waals surface area contributed by atoms with Crippen LogP contribution in [0.5, 0.6) is 0 Å². The minimum absolute atomic E-state index is 0.0931. The van der Waals surface area contributed by atoms with E-state index in [1.165, 1.54) is 0 Å². The first kappa shape index (κ1) is 14.1. The maximum absolute atomic E-state index is 12.3. The van der Waals surface area contributed by atoms with E-state index in [1.807, 2.05) is 6.07 Å².